The predicted molar refractivity (Wildman–Crippen MR) is 79.5 cm³/mol. The van der Waals surface area contributed by atoms with Crippen molar-refractivity contribution < 1.29 is 14.7 Å². The first-order valence-electron chi connectivity index (χ1n) is 8.07. The van der Waals surface area contributed by atoms with E-state index < -0.39 is 11.4 Å². The van der Waals surface area contributed by atoms with Gasteiger partial charge in [-0.25, -0.2) is 0 Å². The van der Waals surface area contributed by atoms with E-state index in [4.69, 9.17) is 0 Å². The first kappa shape index (κ1) is 17.0. The van der Waals surface area contributed by atoms with E-state index in [1.807, 2.05) is 0 Å². The van der Waals surface area contributed by atoms with Gasteiger partial charge in [-0.05, 0) is 25.7 Å². The van der Waals surface area contributed by atoms with Gasteiger partial charge in [-0.2, -0.15) is 0 Å². The maximum absolute atomic E-state index is 12.2. The van der Waals surface area contributed by atoms with Gasteiger partial charge in [-0.1, -0.05) is 46.0 Å². The minimum atomic E-state index is -0.828. The van der Waals surface area contributed by atoms with E-state index in [0.29, 0.717) is 12.8 Å². The maximum atomic E-state index is 12.2. The third kappa shape index (κ3) is 4.80. The Hall–Kier alpha value is -1.06. The molecule has 1 aliphatic rings. The van der Waals surface area contributed by atoms with Crippen LogP contribution in [0.25, 0.3) is 0 Å². The van der Waals surface area contributed by atoms with E-state index in [9.17, 15) is 14.7 Å². The zero-order chi connectivity index (χ0) is 15.0. The first-order valence-corrected chi connectivity index (χ1v) is 8.07. The molecule has 0 spiro atoms. The molecule has 116 valence electrons. The Morgan fingerprint density at radius 1 is 1.15 bits per heavy atom. The Bertz CT molecular complexity index is 320. The zero-order valence-corrected chi connectivity index (χ0v) is 12.9. The Labute approximate surface area is 122 Å². The number of carboxylic acid groups (broad SMARTS) is 1. The van der Waals surface area contributed by atoms with Gasteiger partial charge in [0, 0.05) is 12.5 Å². The van der Waals surface area contributed by atoms with Crippen molar-refractivity contribution in [2.45, 2.75) is 84.1 Å². The van der Waals surface area contributed by atoms with Gasteiger partial charge in [0.1, 0.15) is 0 Å². The Morgan fingerprint density at radius 3 is 2.20 bits per heavy atom. The molecule has 1 amide bonds. The van der Waals surface area contributed by atoms with E-state index >= 15 is 0 Å². The number of hydrogen-bond donors (Lipinski definition) is 2. The Morgan fingerprint density at radius 2 is 1.75 bits per heavy atom. The van der Waals surface area contributed by atoms with Crippen LogP contribution in [0.4, 0.5) is 0 Å². The number of nitrogens with one attached hydrogen (secondary N) is 1. The van der Waals surface area contributed by atoms with Crippen molar-refractivity contribution >= 4 is 11.9 Å². The van der Waals surface area contributed by atoms with E-state index in [-0.39, 0.29) is 18.4 Å². The van der Waals surface area contributed by atoms with Crippen LogP contribution in [0.2, 0.25) is 0 Å². The summed E-state index contributed by atoms with van der Waals surface area (Å²) in [6, 6.07) is 0.184. The van der Waals surface area contributed by atoms with Crippen LogP contribution in [0, 0.1) is 5.41 Å². The summed E-state index contributed by atoms with van der Waals surface area (Å²) in [5.41, 5.74) is -0.828. The fraction of sp³-hybridized carbons (Fsp3) is 0.875. The van der Waals surface area contributed by atoms with Crippen molar-refractivity contribution in [1.29, 1.82) is 0 Å². The Balaban J connectivity index is 2.65. The molecule has 4 heteroatoms. The summed E-state index contributed by atoms with van der Waals surface area (Å²) in [5.74, 6) is -0.882. The summed E-state index contributed by atoms with van der Waals surface area (Å²) in [6.45, 7) is 4.15. The normalized spacial score (nSPS) is 19.9. The van der Waals surface area contributed by atoms with E-state index in [1.165, 1.54) is 0 Å². The number of amides is 1. The van der Waals surface area contributed by atoms with Gasteiger partial charge in [0.05, 0.1) is 5.41 Å². The summed E-state index contributed by atoms with van der Waals surface area (Å²) in [6.07, 6.45) is 8.33. The highest BCUT2D eigenvalue weighted by Crippen LogP contribution is 2.38. The number of hydrogen-bond acceptors (Lipinski definition) is 2. The van der Waals surface area contributed by atoms with Crippen molar-refractivity contribution in [2.75, 3.05) is 0 Å². The van der Waals surface area contributed by atoms with Gasteiger partial charge in [-0.3, -0.25) is 9.59 Å². The van der Waals surface area contributed by atoms with Crippen LogP contribution < -0.4 is 5.32 Å². The van der Waals surface area contributed by atoms with Crippen molar-refractivity contribution in [3.8, 4) is 0 Å². The summed E-state index contributed by atoms with van der Waals surface area (Å²) >= 11 is 0. The zero-order valence-electron chi connectivity index (χ0n) is 12.9. The van der Waals surface area contributed by atoms with Crippen LogP contribution in [0.5, 0.6) is 0 Å². The average Bonchev–Trinajstić information content (AvgIpc) is 2.64. The number of aliphatic carboxylic acids is 1. The molecule has 20 heavy (non-hydrogen) atoms. The highest BCUT2D eigenvalue weighted by atomic mass is 16.4. The second-order valence-electron chi connectivity index (χ2n) is 6.14. The fourth-order valence-electron chi connectivity index (χ4n) is 3.18. The van der Waals surface area contributed by atoms with Crippen LogP contribution in [-0.4, -0.2) is 23.0 Å². The quantitative estimate of drug-likeness (QED) is 0.703. The molecule has 0 radical (unpaired) electrons. The van der Waals surface area contributed by atoms with Gasteiger partial charge < -0.3 is 10.4 Å². The van der Waals surface area contributed by atoms with Gasteiger partial charge in [0.25, 0.3) is 0 Å². The standard InChI is InChI=1S/C16H29NO3/c1-3-9-13(4-2)17-14(18)12-16(15(19)20)10-7-5-6-8-11-16/h13H,3-12H2,1-2H3,(H,17,18)(H,19,20). The van der Waals surface area contributed by atoms with Gasteiger partial charge >= 0.3 is 5.97 Å². The van der Waals surface area contributed by atoms with Crippen molar-refractivity contribution in [3.63, 3.8) is 0 Å². The molecule has 1 unspecified atom stereocenters. The third-order valence-electron chi connectivity index (χ3n) is 4.51. The molecule has 1 rings (SSSR count). The van der Waals surface area contributed by atoms with Crippen molar-refractivity contribution in [2.24, 2.45) is 5.41 Å². The molecule has 0 saturated heterocycles. The molecule has 0 aromatic heterocycles. The van der Waals surface area contributed by atoms with Crippen LogP contribution in [0.15, 0.2) is 0 Å². The number of carboxylic acids is 1. The second kappa shape index (κ2) is 8.28. The van der Waals surface area contributed by atoms with Crippen LogP contribution in [0.3, 0.4) is 0 Å². The molecule has 0 aliphatic heterocycles. The molecule has 0 bridgehead atoms. The number of carbonyl (C=O) groups excluding carboxylic acids is 1. The molecule has 1 fully saturated rings. The highest BCUT2D eigenvalue weighted by molar-refractivity contribution is 5.85. The fourth-order valence-corrected chi connectivity index (χ4v) is 3.18. The SMILES string of the molecule is CCCC(CC)NC(=O)CC1(C(=O)O)CCCCCC1. The molecule has 1 saturated carbocycles. The van der Waals surface area contributed by atoms with Crippen LogP contribution in [-0.2, 0) is 9.59 Å². The largest absolute Gasteiger partial charge is 0.481 e. The molecule has 1 aliphatic carbocycles. The lowest BCUT2D eigenvalue weighted by atomic mass is 9.77. The monoisotopic (exact) mass is 283 g/mol. The van der Waals surface area contributed by atoms with E-state index in [0.717, 1.165) is 44.9 Å². The average molecular weight is 283 g/mol. The Kier molecular flexibility index (Phi) is 7.03. The van der Waals surface area contributed by atoms with Crippen LogP contribution >= 0.6 is 0 Å². The summed E-state index contributed by atoms with van der Waals surface area (Å²) in [7, 11) is 0. The maximum Gasteiger partial charge on any atom is 0.310 e. The lowest BCUT2D eigenvalue weighted by molar-refractivity contribution is -0.153. The predicted octanol–water partition coefficient (Wildman–Crippen LogP) is 3.50. The third-order valence-corrected chi connectivity index (χ3v) is 4.51. The number of carbonyl (C=O) groups is 2. The van der Waals surface area contributed by atoms with Gasteiger partial charge in [0.15, 0.2) is 0 Å². The minimum Gasteiger partial charge on any atom is -0.481 e. The second-order valence-corrected chi connectivity index (χ2v) is 6.14. The molecular weight excluding hydrogens is 254 g/mol. The molecule has 0 aromatic rings. The summed E-state index contributed by atoms with van der Waals surface area (Å²) in [4.78, 5) is 23.9. The molecule has 1 atom stereocenters. The lowest BCUT2D eigenvalue weighted by Gasteiger charge is -2.28. The van der Waals surface area contributed by atoms with Gasteiger partial charge in [0.2, 0.25) is 5.91 Å². The topological polar surface area (TPSA) is 66.4 Å². The smallest absolute Gasteiger partial charge is 0.310 e. The van der Waals surface area contributed by atoms with E-state index in [1.54, 1.807) is 0 Å². The summed E-state index contributed by atoms with van der Waals surface area (Å²) in [5, 5.41) is 12.6. The molecule has 4 nitrogen and oxygen atoms in total. The van der Waals surface area contributed by atoms with Crippen LogP contribution in [0.1, 0.15) is 78.1 Å². The molecule has 2 N–H and O–H groups in total. The minimum absolute atomic E-state index is 0.0883. The highest BCUT2D eigenvalue weighted by Gasteiger charge is 2.40. The van der Waals surface area contributed by atoms with Gasteiger partial charge in [-0.15, -0.1) is 0 Å². The van der Waals surface area contributed by atoms with Crippen molar-refractivity contribution in [1.82, 2.24) is 5.32 Å². The molecular formula is C16H29NO3. The number of rotatable bonds is 7. The first-order chi connectivity index (χ1) is 9.54. The lowest BCUT2D eigenvalue weighted by Crippen LogP contribution is -2.41. The molecule has 0 heterocycles. The summed E-state index contributed by atoms with van der Waals surface area (Å²) < 4.78 is 0. The van der Waals surface area contributed by atoms with Crippen molar-refractivity contribution in [3.05, 3.63) is 0 Å². The van der Waals surface area contributed by atoms with E-state index in [2.05, 4.69) is 19.2 Å². The molecule has 0 aromatic carbocycles.